The summed E-state index contributed by atoms with van der Waals surface area (Å²) in [7, 11) is -3.64. The standard InChI is InChI=1S/C22H27ClN2O4S/c1-16-12-17(2)14-20(13-16)29-11-9-24-22(26)18-4-3-10-25(15-18)30(27,28)21-7-5-19(23)6-8-21/h5-8,12-14,18H,3-4,9-11,15H2,1-2H3,(H,24,26). The first-order chi connectivity index (χ1) is 14.3. The Morgan fingerprint density at radius 1 is 1.17 bits per heavy atom. The molecule has 2 aromatic rings. The van der Waals surface area contributed by atoms with Gasteiger partial charge in [0.05, 0.1) is 17.4 Å². The lowest BCUT2D eigenvalue weighted by Gasteiger charge is -2.31. The van der Waals surface area contributed by atoms with Crippen molar-refractivity contribution in [3.05, 3.63) is 58.6 Å². The van der Waals surface area contributed by atoms with Crippen molar-refractivity contribution in [3.63, 3.8) is 0 Å². The van der Waals surface area contributed by atoms with Crippen molar-refractivity contribution in [2.45, 2.75) is 31.6 Å². The van der Waals surface area contributed by atoms with Crippen LogP contribution in [0.15, 0.2) is 47.4 Å². The molecule has 1 unspecified atom stereocenters. The quantitative estimate of drug-likeness (QED) is 0.654. The lowest BCUT2D eigenvalue weighted by atomic mass is 9.99. The van der Waals surface area contributed by atoms with Crippen LogP contribution in [-0.4, -0.2) is 44.9 Å². The van der Waals surface area contributed by atoms with Crippen LogP contribution in [0.1, 0.15) is 24.0 Å². The first kappa shape index (κ1) is 22.6. The molecular weight excluding hydrogens is 424 g/mol. The van der Waals surface area contributed by atoms with Crippen molar-refractivity contribution in [2.75, 3.05) is 26.2 Å². The molecule has 0 radical (unpaired) electrons. The minimum atomic E-state index is -3.64. The molecular formula is C22H27ClN2O4S. The van der Waals surface area contributed by atoms with Gasteiger partial charge in [0, 0.05) is 18.1 Å². The number of nitrogens with one attached hydrogen (secondary N) is 1. The van der Waals surface area contributed by atoms with Gasteiger partial charge in [0.1, 0.15) is 12.4 Å². The summed E-state index contributed by atoms with van der Waals surface area (Å²) in [6.07, 6.45) is 1.31. The van der Waals surface area contributed by atoms with E-state index in [4.69, 9.17) is 16.3 Å². The molecule has 3 rings (SSSR count). The first-order valence-corrected chi connectivity index (χ1v) is 11.8. The Morgan fingerprint density at radius 3 is 2.50 bits per heavy atom. The molecule has 6 nitrogen and oxygen atoms in total. The SMILES string of the molecule is Cc1cc(C)cc(OCCNC(=O)C2CCCN(S(=O)(=O)c3ccc(Cl)cc3)C2)c1. The lowest BCUT2D eigenvalue weighted by molar-refractivity contribution is -0.126. The summed E-state index contributed by atoms with van der Waals surface area (Å²) in [5, 5.41) is 3.35. The topological polar surface area (TPSA) is 75.7 Å². The van der Waals surface area contributed by atoms with E-state index in [-0.39, 0.29) is 23.3 Å². The molecule has 0 aromatic heterocycles. The number of sulfonamides is 1. The Balaban J connectivity index is 1.52. The summed E-state index contributed by atoms with van der Waals surface area (Å²) in [6.45, 7) is 5.32. The molecule has 1 aliphatic heterocycles. The molecule has 2 aromatic carbocycles. The molecule has 0 spiro atoms. The van der Waals surface area contributed by atoms with Crippen LogP contribution < -0.4 is 10.1 Å². The van der Waals surface area contributed by atoms with Gasteiger partial charge in [0.15, 0.2) is 0 Å². The van der Waals surface area contributed by atoms with Crippen molar-refractivity contribution in [2.24, 2.45) is 5.92 Å². The number of benzene rings is 2. The zero-order valence-electron chi connectivity index (χ0n) is 17.2. The fourth-order valence-electron chi connectivity index (χ4n) is 3.63. The minimum absolute atomic E-state index is 0.143. The molecule has 1 heterocycles. The highest BCUT2D eigenvalue weighted by molar-refractivity contribution is 7.89. The van der Waals surface area contributed by atoms with Gasteiger partial charge in [-0.05, 0) is 74.2 Å². The van der Waals surface area contributed by atoms with Gasteiger partial charge in [-0.15, -0.1) is 0 Å². The van der Waals surface area contributed by atoms with Crippen LogP contribution in [-0.2, 0) is 14.8 Å². The number of ether oxygens (including phenoxy) is 1. The van der Waals surface area contributed by atoms with Crippen LogP contribution in [0.4, 0.5) is 0 Å². The maximum absolute atomic E-state index is 12.9. The number of carbonyl (C=O) groups excluding carboxylic acids is 1. The minimum Gasteiger partial charge on any atom is -0.492 e. The first-order valence-electron chi connectivity index (χ1n) is 10.0. The smallest absolute Gasteiger partial charge is 0.243 e. The van der Waals surface area contributed by atoms with E-state index in [0.717, 1.165) is 16.9 Å². The van der Waals surface area contributed by atoms with Crippen LogP contribution >= 0.6 is 11.6 Å². The Hall–Kier alpha value is -2.09. The van der Waals surface area contributed by atoms with E-state index in [1.807, 2.05) is 26.0 Å². The summed E-state index contributed by atoms with van der Waals surface area (Å²) in [5.74, 6) is 0.261. The fraction of sp³-hybridized carbons (Fsp3) is 0.409. The third-order valence-electron chi connectivity index (χ3n) is 5.07. The van der Waals surface area contributed by atoms with Crippen LogP contribution in [0, 0.1) is 19.8 Å². The Labute approximate surface area is 183 Å². The van der Waals surface area contributed by atoms with Crippen LogP contribution in [0.3, 0.4) is 0 Å². The zero-order chi connectivity index (χ0) is 21.7. The molecule has 8 heteroatoms. The van der Waals surface area contributed by atoms with Gasteiger partial charge in [-0.2, -0.15) is 4.31 Å². The largest absolute Gasteiger partial charge is 0.492 e. The predicted molar refractivity (Wildman–Crippen MR) is 117 cm³/mol. The molecule has 0 bridgehead atoms. The summed E-state index contributed by atoms with van der Waals surface area (Å²) in [6, 6.07) is 12.1. The molecule has 1 amide bonds. The number of halogens is 1. The molecule has 30 heavy (non-hydrogen) atoms. The molecule has 0 aliphatic carbocycles. The van der Waals surface area contributed by atoms with E-state index in [1.165, 1.54) is 16.4 Å². The average Bonchev–Trinajstić information content (AvgIpc) is 2.71. The number of amides is 1. The monoisotopic (exact) mass is 450 g/mol. The third-order valence-corrected chi connectivity index (χ3v) is 7.20. The third kappa shape index (κ3) is 5.74. The number of nitrogens with zero attached hydrogens (tertiary/aromatic N) is 1. The van der Waals surface area contributed by atoms with Gasteiger partial charge in [-0.3, -0.25) is 4.79 Å². The average molecular weight is 451 g/mol. The van der Waals surface area contributed by atoms with Crippen LogP contribution in [0.25, 0.3) is 0 Å². The summed E-state index contributed by atoms with van der Waals surface area (Å²) < 4.78 is 32.8. The number of hydrogen-bond donors (Lipinski definition) is 1. The molecule has 1 fully saturated rings. The van der Waals surface area contributed by atoms with Gasteiger partial charge in [-0.1, -0.05) is 17.7 Å². The maximum atomic E-state index is 12.9. The lowest BCUT2D eigenvalue weighted by Crippen LogP contribution is -2.45. The van der Waals surface area contributed by atoms with Crippen molar-refractivity contribution in [1.29, 1.82) is 0 Å². The Morgan fingerprint density at radius 2 is 1.83 bits per heavy atom. The van der Waals surface area contributed by atoms with Crippen LogP contribution in [0.2, 0.25) is 5.02 Å². The van der Waals surface area contributed by atoms with Gasteiger partial charge < -0.3 is 10.1 Å². The van der Waals surface area contributed by atoms with Gasteiger partial charge in [-0.25, -0.2) is 8.42 Å². The van der Waals surface area contributed by atoms with E-state index >= 15 is 0 Å². The zero-order valence-corrected chi connectivity index (χ0v) is 18.8. The molecule has 1 N–H and O–H groups in total. The van der Waals surface area contributed by atoms with E-state index in [0.29, 0.717) is 37.6 Å². The van der Waals surface area contributed by atoms with E-state index in [1.54, 1.807) is 12.1 Å². The number of rotatable bonds is 7. The van der Waals surface area contributed by atoms with Crippen molar-refractivity contribution in [1.82, 2.24) is 9.62 Å². The summed E-state index contributed by atoms with van der Waals surface area (Å²) in [4.78, 5) is 12.8. The van der Waals surface area contributed by atoms with Crippen molar-refractivity contribution in [3.8, 4) is 5.75 Å². The fourth-order valence-corrected chi connectivity index (χ4v) is 5.28. The summed E-state index contributed by atoms with van der Waals surface area (Å²) >= 11 is 5.86. The molecule has 1 atom stereocenters. The number of hydrogen-bond acceptors (Lipinski definition) is 4. The highest BCUT2D eigenvalue weighted by Gasteiger charge is 2.33. The van der Waals surface area contributed by atoms with Gasteiger partial charge in [0.2, 0.25) is 15.9 Å². The second-order valence-electron chi connectivity index (χ2n) is 7.62. The molecule has 1 saturated heterocycles. The van der Waals surface area contributed by atoms with Crippen molar-refractivity contribution < 1.29 is 17.9 Å². The van der Waals surface area contributed by atoms with E-state index in [2.05, 4.69) is 11.4 Å². The second kappa shape index (κ2) is 9.81. The molecule has 162 valence electrons. The molecule has 1 aliphatic rings. The number of aryl methyl sites for hydroxylation is 2. The van der Waals surface area contributed by atoms with Crippen molar-refractivity contribution >= 4 is 27.5 Å². The predicted octanol–water partition coefficient (Wildman–Crippen LogP) is 3.55. The molecule has 0 saturated carbocycles. The highest BCUT2D eigenvalue weighted by Crippen LogP contribution is 2.25. The second-order valence-corrected chi connectivity index (χ2v) is 9.99. The maximum Gasteiger partial charge on any atom is 0.243 e. The highest BCUT2D eigenvalue weighted by atomic mass is 35.5. The Kier molecular flexibility index (Phi) is 7.39. The number of piperidine rings is 1. The summed E-state index contributed by atoms with van der Waals surface area (Å²) in [5.41, 5.74) is 2.25. The number of carbonyl (C=O) groups is 1. The Bertz CT molecular complexity index is 972. The van der Waals surface area contributed by atoms with Gasteiger partial charge in [0.25, 0.3) is 0 Å². The normalized spacial score (nSPS) is 17.5. The van der Waals surface area contributed by atoms with E-state index < -0.39 is 10.0 Å². The van der Waals surface area contributed by atoms with E-state index in [9.17, 15) is 13.2 Å². The van der Waals surface area contributed by atoms with Gasteiger partial charge >= 0.3 is 0 Å². The van der Waals surface area contributed by atoms with Crippen LogP contribution in [0.5, 0.6) is 5.75 Å².